The van der Waals surface area contributed by atoms with Crippen molar-refractivity contribution in [2.24, 2.45) is 0 Å². The molecule has 0 radical (unpaired) electrons. The first-order valence-corrected chi connectivity index (χ1v) is 5.95. The van der Waals surface area contributed by atoms with Crippen molar-refractivity contribution in [3.8, 4) is 11.5 Å². The third-order valence-corrected chi connectivity index (χ3v) is 2.80. The van der Waals surface area contributed by atoms with Crippen molar-refractivity contribution in [3.63, 3.8) is 0 Å². The molecule has 0 aromatic heterocycles. The minimum absolute atomic E-state index is 0.486. The highest BCUT2D eigenvalue weighted by Crippen LogP contribution is 2.30. The molecule has 0 aliphatic heterocycles. The number of aliphatic hydroxyl groups excluding tert-OH is 1. The minimum Gasteiger partial charge on any atom is -0.455 e. The molecule has 2 aromatic rings. The molecule has 0 amide bonds. The topological polar surface area (TPSA) is 55.5 Å². The minimum atomic E-state index is -0.486. The van der Waals surface area contributed by atoms with Gasteiger partial charge in [0.25, 0.3) is 0 Å². The van der Waals surface area contributed by atoms with Gasteiger partial charge in [-0.05, 0) is 42.8 Å². The van der Waals surface area contributed by atoms with Crippen LogP contribution in [0.3, 0.4) is 0 Å². The average molecular weight is 264 g/mol. The van der Waals surface area contributed by atoms with Gasteiger partial charge in [-0.2, -0.15) is 0 Å². The van der Waals surface area contributed by atoms with Crippen molar-refractivity contribution in [1.29, 1.82) is 0 Å². The number of nitrogens with two attached hydrogens (primary N) is 1. The van der Waals surface area contributed by atoms with Gasteiger partial charge in [0.1, 0.15) is 11.5 Å². The number of aliphatic hydroxyl groups is 1. The van der Waals surface area contributed by atoms with E-state index in [1.165, 1.54) is 0 Å². The molecule has 0 fully saturated rings. The quantitative estimate of drug-likeness (QED) is 0.829. The van der Waals surface area contributed by atoms with Crippen LogP contribution in [0.15, 0.2) is 42.5 Å². The molecule has 3 N–H and O–H groups in total. The second-order valence-electron chi connectivity index (χ2n) is 4.03. The third-order valence-electron chi connectivity index (χ3n) is 2.56. The molecule has 0 bridgehead atoms. The zero-order chi connectivity index (χ0) is 13.1. The van der Waals surface area contributed by atoms with E-state index in [4.69, 9.17) is 22.1 Å². The van der Waals surface area contributed by atoms with E-state index in [0.29, 0.717) is 22.2 Å². The standard InChI is InChI=1S/C14H14ClNO2/c1-9(17)10-2-5-12(6-3-10)18-14-7-4-11(15)8-13(14)16/h2-9,17H,16H2,1H3/t9-/m0/s1. The van der Waals surface area contributed by atoms with Crippen molar-refractivity contribution in [2.45, 2.75) is 13.0 Å². The van der Waals surface area contributed by atoms with E-state index in [1.807, 2.05) is 12.1 Å². The Hall–Kier alpha value is -1.71. The van der Waals surface area contributed by atoms with E-state index in [-0.39, 0.29) is 0 Å². The molecule has 4 heteroatoms. The van der Waals surface area contributed by atoms with Crippen LogP contribution >= 0.6 is 11.6 Å². The van der Waals surface area contributed by atoms with Gasteiger partial charge in [-0.25, -0.2) is 0 Å². The van der Waals surface area contributed by atoms with Crippen LogP contribution in [-0.4, -0.2) is 5.11 Å². The Morgan fingerprint density at radius 1 is 1.17 bits per heavy atom. The molecular formula is C14H14ClNO2. The fourth-order valence-corrected chi connectivity index (χ4v) is 1.73. The van der Waals surface area contributed by atoms with Crippen LogP contribution in [0.1, 0.15) is 18.6 Å². The summed E-state index contributed by atoms with van der Waals surface area (Å²) >= 11 is 5.81. The van der Waals surface area contributed by atoms with Gasteiger partial charge in [-0.3, -0.25) is 0 Å². The summed E-state index contributed by atoms with van der Waals surface area (Å²) < 4.78 is 5.63. The van der Waals surface area contributed by atoms with Gasteiger partial charge in [0, 0.05) is 5.02 Å². The molecule has 0 saturated heterocycles. The number of ether oxygens (including phenoxy) is 1. The van der Waals surface area contributed by atoms with E-state index in [1.54, 1.807) is 37.3 Å². The van der Waals surface area contributed by atoms with Gasteiger partial charge in [0.15, 0.2) is 0 Å². The molecule has 1 atom stereocenters. The van der Waals surface area contributed by atoms with Gasteiger partial charge < -0.3 is 15.6 Å². The Balaban J connectivity index is 2.18. The first kappa shape index (κ1) is 12.7. The lowest BCUT2D eigenvalue weighted by molar-refractivity contribution is 0.199. The average Bonchev–Trinajstić information content (AvgIpc) is 2.33. The van der Waals surface area contributed by atoms with Gasteiger partial charge in [0.05, 0.1) is 11.8 Å². The van der Waals surface area contributed by atoms with Crippen LogP contribution < -0.4 is 10.5 Å². The van der Waals surface area contributed by atoms with Crippen LogP contribution in [-0.2, 0) is 0 Å². The number of benzene rings is 2. The fraction of sp³-hybridized carbons (Fsp3) is 0.143. The highest BCUT2D eigenvalue weighted by atomic mass is 35.5. The first-order chi connectivity index (χ1) is 8.56. The molecule has 2 aromatic carbocycles. The highest BCUT2D eigenvalue weighted by molar-refractivity contribution is 6.30. The van der Waals surface area contributed by atoms with Crippen molar-refractivity contribution in [1.82, 2.24) is 0 Å². The highest BCUT2D eigenvalue weighted by Gasteiger charge is 2.04. The Kier molecular flexibility index (Phi) is 3.75. The lowest BCUT2D eigenvalue weighted by atomic mass is 10.1. The fourth-order valence-electron chi connectivity index (χ4n) is 1.55. The number of hydrogen-bond donors (Lipinski definition) is 2. The van der Waals surface area contributed by atoms with Gasteiger partial charge in [0.2, 0.25) is 0 Å². The normalized spacial score (nSPS) is 12.2. The smallest absolute Gasteiger partial charge is 0.150 e. The van der Waals surface area contributed by atoms with Gasteiger partial charge in [-0.15, -0.1) is 0 Å². The molecule has 2 rings (SSSR count). The maximum absolute atomic E-state index is 9.40. The zero-order valence-electron chi connectivity index (χ0n) is 9.93. The second-order valence-corrected chi connectivity index (χ2v) is 4.47. The van der Waals surface area contributed by atoms with E-state index < -0.39 is 6.10 Å². The predicted molar refractivity (Wildman–Crippen MR) is 73.0 cm³/mol. The lowest BCUT2D eigenvalue weighted by Gasteiger charge is -2.10. The van der Waals surface area contributed by atoms with Crippen molar-refractivity contribution >= 4 is 17.3 Å². The maximum Gasteiger partial charge on any atom is 0.150 e. The number of nitrogen functional groups attached to an aromatic ring is 1. The van der Waals surface area contributed by atoms with Gasteiger partial charge in [-0.1, -0.05) is 23.7 Å². The summed E-state index contributed by atoms with van der Waals surface area (Å²) in [7, 11) is 0. The van der Waals surface area contributed by atoms with Crippen LogP contribution in [0, 0.1) is 0 Å². The van der Waals surface area contributed by atoms with Crippen molar-refractivity contribution < 1.29 is 9.84 Å². The molecule has 0 aliphatic carbocycles. The van der Waals surface area contributed by atoms with E-state index in [0.717, 1.165) is 5.56 Å². The molecule has 0 saturated carbocycles. The molecule has 18 heavy (non-hydrogen) atoms. The molecule has 0 spiro atoms. The summed E-state index contributed by atoms with van der Waals surface area (Å²) in [6.45, 7) is 1.72. The van der Waals surface area contributed by atoms with E-state index in [2.05, 4.69) is 0 Å². The van der Waals surface area contributed by atoms with Crippen LogP contribution in [0.5, 0.6) is 11.5 Å². The van der Waals surface area contributed by atoms with Crippen LogP contribution in [0.2, 0.25) is 5.02 Å². The predicted octanol–water partition coefficient (Wildman–Crippen LogP) is 3.77. The summed E-state index contributed by atoms with van der Waals surface area (Å²) in [5.74, 6) is 1.22. The van der Waals surface area contributed by atoms with E-state index >= 15 is 0 Å². The monoisotopic (exact) mass is 263 g/mol. The summed E-state index contributed by atoms with van der Waals surface area (Å²) in [5.41, 5.74) is 7.13. The largest absolute Gasteiger partial charge is 0.455 e. The molecule has 94 valence electrons. The Bertz CT molecular complexity index is 538. The Labute approximate surface area is 111 Å². The van der Waals surface area contributed by atoms with E-state index in [9.17, 15) is 5.11 Å². The number of anilines is 1. The number of rotatable bonds is 3. The molecular weight excluding hydrogens is 250 g/mol. The third kappa shape index (κ3) is 2.94. The number of halogens is 1. The van der Waals surface area contributed by atoms with Crippen LogP contribution in [0.25, 0.3) is 0 Å². The van der Waals surface area contributed by atoms with Crippen molar-refractivity contribution in [3.05, 3.63) is 53.1 Å². The molecule has 0 unspecified atom stereocenters. The first-order valence-electron chi connectivity index (χ1n) is 5.57. The molecule has 0 heterocycles. The summed E-state index contributed by atoms with van der Waals surface area (Å²) in [6.07, 6.45) is -0.486. The maximum atomic E-state index is 9.40. The summed E-state index contributed by atoms with van der Waals surface area (Å²) in [4.78, 5) is 0. The number of hydrogen-bond acceptors (Lipinski definition) is 3. The Morgan fingerprint density at radius 3 is 2.39 bits per heavy atom. The molecule has 3 nitrogen and oxygen atoms in total. The summed E-state index contributed by atoms with van der Waals surface area (Å²) in [6, 6.07) is 12.3. The molecule has 0 aliphatic rings. The van der Waals surface area contributed by atoms with Gasteiger partial charge >= 0.3 is 0 Å². The SMILES string of the molecule is C[C@H](O)c1ccc(Oc2ccc(Cl)cc2N)cc1. The zero-order valence-corrected chi connectivity index (χ0v) is 10.7. The Morgan fingerprint density at radius 2 is 1.83 bits per heavy atom. The van der Waals surface area contributed by atoms with Crippen molar-refractivity contribution in [2.75, 3.05) is 5.73 Å². The van der Waals surface area contributed by atoms with Crippen LogP contribution in [0.4, 0.5) is 5.69 Å². The second kappa shape index (κ2) is 5.29. The summed E-state index contributed by atoms with van der Waals surface area (Å²) in [5, 5.41) is 9.98. The lowest BCUT2D eigenvalue weighted by Crippen LogP contribution is -1.93.